The van der Waals surface area contributed by atoms with Crippen LogP contribution in [0.15, 0.2) is 24.3 Å². The maximum Gasteiger partial charge on any atom is 0.227 e. The zero-order chi connectivity index (χ0) is 16.7. The Bertz CT molecular complexity index is 614. The molecule has 1 aromatic carbocycles. The van der Waals surface area contributed by atoms with E-state index in [9.17, 15) is 4.79 Å². The molecular weight excluding hydrogens is 322 g/mol. The molecule has 4 aliphatic rings. The lowest BCUT2D eigenvalue weighted by Gasteiger charge is -2.40. The number of amides is 1. The van der Waals surface area contributed by atoms with Crippen LogP contribution in [0.25, 0.3) is 0 Å². The minimum atomic E-state index is 0.218. The number of anilines is 1. The third-order valence-electron chi connectivity index (χ3n) is 6.17. The van der Waals surface area contributed by atoms with Gasteiger partial charge in [0, 0.05) is 45.3 Å². The summed E-state index contributed by atoms with van der Waals surface area (Å²) in [6.07, 6.45) is 4.55. The van der Waals surface area contributed by atoms with Crippen LogP contribution in [0.1, 0.15) is 25.7 Å². The van der Waals surface area contributed by atoms with Crippen LogP contribution in [0.4, 0.5) is 5.69 Å². The van der Waals surface area contributed by atoms with Crippen LogP contribution in [-0.2, 0) is 4.79 Å². The van der Waals surface area contributed by atoms with Crippen LogP contribution in [0.5, 0.6) is 0 Å². The summed E-state index contributed by atoms with van der Waals surface area (Å²) in [5.74, 6) is 0.581. The number of piperidine rings is 2. The zero-order valence-corrected chi connectivity index (χ0v) is 15.1. The summed E-state index contributed by atoms with van der Waals surface area (Å²) in [5.41, 5.74) is 1.16. The SMILES string of the molecule is CN1C(=O)[C@@H]2CC[C@H]1CN(C1CCN(c3ccccc3Cl)CC1)C2. The first-order valence-corrected chi connectivity index (χ1v) is 9.51. The van der Waals surface area contributed by atoms with Crippen molar-refractivity contribution in [3.05, 3.63) is 29.3 Å². The lowest BCUT2D eigenvalue weighted by atomic mass is 9.95. The molecule has 0 saturated carbocycles. The van der Waals surface area contributed by atoms with Gasteiger partial charge >= 0.3 is 0 Å². The molecule has 4 saturated heterocycles. The van der Waals surface area contributed by atoms with Crippen LogP contribution in [0, 0.1) is 5.92 Å². The molecule has 0 aromatic heterocycles. The van der Waals surface area contributed by atoms with Crippen molar-refractivity contribution >= 4 is 23.2 Å². The van der Waals surface area contributed by atoms with Gasteiger partial charge in [-0.1, -0.05) is 23.7 Å². The standard InChI is InChI=1S/C19H26ClN3O/c1-21-16-7-6-14(19(21)24)12-23(13-16)15-8-10-22(11-9-15)18-5-3-2-4-17(18)20/h2-5,14-16H,6-13H2,1H3/t14-,16+/m1/s1. The highest BCUT2D eigenvalue weighted by molar-refractivity contribution is 6.33. The van der Waals surface area contributed by atoms with E-state index >= 15 is 0 Å². The monoisotopic (exact) mass is 347 g/mol. The molecule has 4 fully saturated rings. The Morgan fingerprint density at radius 2 is 1.75 bits per heavy atom. The molecule has 0 radical (unpaired) electrons. The molecule has 0 spiro atoms. The number of carbonyl (C=O) groups excluding carboxylic acids is 1. The van der Waals surface area contributed by atoms with Gasteiger partial charge in [0.1, 0.15) is 0 Å². The Morgan fingerprint density at radius 3 is 2.50 bits per heavy atom. The summed E-state index contributed by atoms with van der Waals surface area (Å²) >= 11 is 6.35. The number of fused-ring (bicyclic) bond motifs is 4. The van der Waals surface area contributed by atoms with Gasteiger partial charge in [-0.05, 0) is 37.8 Å². The number of rotatable bonds is 2. The van der Waals surface area contributed by atoms with Gasteiger partial charge in [-0.25, -0.2) is 0 Å². The smallest absolute Gasteiger partial charge is 0.227 e. The van der Waals surface area contributed by atoms with Gasteiger partial charge in [-0.3, -0.25) is 9.69 Å². The average molecular weight is 348 g/mol. The number of carbonyl (C=O) groups is 1. The van der Waals surface area contributed by atoms with E-state index in [-0.39, 0.29) is 5.92 Å². The predicted molar refractivity (Wildman–Crippen MR) is 97.5 cm³/mol. The molecule has 4 aliphatic heterocycles. The summed E-state index contributed by atoms with van der Waals surface area (Å²) in [4.78, 5) is 19.4. The van der Waals surface area contributed by atoms with Gasteiger partial charge < -0.3 is 9.80 Å². The van der Waals surface area contributed by atoms with Crippen molar-refractivity contribution < 1.29 is 4.79 Å². The molecular formula is C19H26ClN3O. The van der Waals surface area contributed by atoms with Crippen LogP contribution < -0.4 is 4.90 Å². The topological polar surface area (TPSA) is 26.8 Å². The Kier molecular flexibility index (Phi) is 4.44. The van der Waals surface area contributed by atoms with E-state index in [0.717, 1.165) is 56.2 Å². The number of nitrogens with zero attached hydrogens (tertiary/aromatic N) is 3. The lowest BCUT2D eigenvalue weighted by Crippen LogP contribution is -2.48. The summed E-state index contributed by atoms with van der Waals surface area (Å²) in [7, 11) is 1.99. The molecule has 5 rings (SSSR count). The Morgan fingerprint density at radius 1 is 1.00 bits per heavy atom. The first-order chi connectivity index (χ1) is 11.6. The summed E-state index contributed by atoms with van der Waals surface area (Å²) in [5, 5.41) is 0.844. The summed E-state index contributed by atoms with van der Waals surface area (Å²) in [6.45, 7) is 4.10. The minimum absolute atomic E-state index is 0.218. The molecule has 24 heavy (non-hydrogen) atoms. The minimum Gasteiger partial charge on any atom is -0.370 e. The third kappa shape index (κ3) is 2.91. The van der Waals surface area contributed by atoms with Gasteiger partial charge in [0.15, 0.2) is 0 Å². The quantitative estimate of drug-likeness (QED) is 0.823. The zero-order valence-electron chi connectivity index (χ0n) is 14.3. The largest absolute Gasteiger partial charge is 0.370 e. The maximum absolute atomic E-state index is 12.4. The fourth-order valence-corrected chi connectivity index (χ4v) is 4.92. The molecule has 1 amide bonds. The number of para-hydroxylation sites is 1. The van der Waals surface area contributed by atoms with Crippen LogP contribution in [0.2, 0.25) is 5.02 Å². The highest BCUT2D eigenvalue weighted by Crippen LogP contribution is 2.33. The third-order valence-corrected chi connectivity index (χ3v) is 6.49. The molecule has 4 heterocycles. The van der Waals surface area contributed by atoms with Crippen molar-refractivity contribution in [1.82, 2.24) is 9.80 Å². The summed E-state index contributed by atoms with van der Waals surface area (Å²) < 4.78 is 0. The van der Waals surface area contributed by atoms with Crippen molar-refractivity contribution in [2.45, 2.75) is 37.8 Å². The van der Waals surface area contributed by atoms with E-state index in [1.807, 2.05) is 24.1 Å². The Labute approximate surface area is 149 Å². The number of likely N-dealkylation sites (N-methyl/N-ethyl adjacent to an activating group) is 1. The van der Waals surface area contributed by atoms with E-state index in [2.05, 4.69) is 21.9 Å². The van der Waals surface area contributed by atoms with Crippen molar-refractivity contribution in [2.24, 2.45) is 5.92 Å². The number of halogens is 1. The van der Waals surface area contributed by atoms with E-state index < -0.39 is 0 Å². The van der Waals surface area contributed by atoms with Crippen molar-refractivity contribution in [3.63, 3.8) is 0 Å². The van der Waals surface area contributed by atoms with Gasteiger partial charge in [-0.15, -0.1) is 0 Å². The number of benzene rings is 1. The molecule has 4 nitrogen and oxygen atoms in total. The van der Waals surface area contributed by atoms with E-state index in [1.54, 1.807) is 0 Å². The van der Waals surface area contributed by atoms with Crippen LogP contribution >= 0.6 is 11.6 Å². The van der Waals surface area contributed by atoms with E-state index in [4.69, 9.17) is 11.6 Å². The molecule has 0 aliphatic carbocycles. The second-order valence-electron chi connectivity index (χ2n) is 7.50. The van der Waals surface area contributed by atoms with E-state index in [1.165, 1.54) is 6.42 Å². The molecule has 1 aromatic rings. The van der Waals surface area contributed by atoms with Crippen LogP contribution in [-0.4, -0.2) is 61.0 Å². The molecule has 5 heteroatoms. The number of hydrogen-bond acceptors (Lipinski definition) is 3. The predicted octanol–water partition coefficient (Wildman–Crippen LogP) is 2.86. The van der Waals surface area contributed by atoms with Gasteiger partial charge in [0.25, 0.3) is 0 Å². The molecule has 0 N–H and O–H groups in total. The normalized spacial score (nSPS) is 29.2. The fourth-order valence-electron chi connectivity index (χ4n) is 4.67. The second-order valence-corrected chi connectivity index (χ2v) is 7.91. The number of hydrogen-bond donors (Lipinski definition) is 0. The average Bonchev–Trinajstić information content (AvgIpc) is 2.89. The van der Waals surface area contributed by atoms with Crippen molar-refractivity contribution in [1.29, 1.82) is 0 Å². The molecule has 2 bridgehead atoms. The first kappa shape index (κ1) is 16.2. The Hall–Kier alpha value is -1.26. The fraction of sp³-hybridized carbons (Fsp3) is 0.632. The van der Waals surface area contributed by atoms with Gasteiger partial charge in [0.2, 0.25) is 5.91 Å². The highest BCUT2D eigenvalue weighted by atomic mass is 35.5. The Balaban J connectivity index is 1.41. The lowest BCUT2D eigenvalue weighted by molar-refractivity contribution is -0.138. The summed E-state index contributed by atoms with van der Waals surface area (Å²) in [6, 6.07) is 9.14. The molecule has 2 atom stereocenters. The molecule has 130 valence electrons. The maximum atomic E-state index is 12.4. The van der Waals surface area contributed by atoms with Gasteiger partial charge in [0.05, 0.1) is 16.6 Å². The van der Waals surface area contributed by atoms with E-state index in [0.29, 0.717) is 18.0 Å². The second kappa shape index (κ2) is 6.57. The van der Waals surface area contributed by atoms with Crippen molar-refractivity contribution in [3.8, 4) is 0 Å². The highest BCUT2D eigenvalue weighted by Gasteiger charge is 2.41. The first-order valence-electron chi connectivity index (χ1n) is 9.13. The van der Waals surface area contributed by atoms with Crippen LogP contribution in [0.3, 0.4) is 0 Å². The molecule has 0 unspecified atom stereocenters. The van der Waals surface area contributed by atoms with Crippen molar-refractivity contribution in [2.75, 3.05) is 38.1 Å². The van der Waals surface area contributed by atoms with Gasteiger partial charge in [-0.2, -0.15) is 0 Å².